The van der Waals surface area contributed by atoms with Crippen molar-refractivity contribution in [2.75, 3.05) is 44.5 Å². The maximum Gasteiger partial charge on any atom is 0.238 e. The van der Waals surface area contributed by atoms with Gasteiger partial charge in [-0.15, -0.1) is 0 Å². The number of hydrogen-bond donors (Lipinski definition) is 2. The average molecular weight is 474 g/mol. The lowest BCUT2D eigenvalue weighted by Crippen LogP contribution is -2.39. The fraction of sp³-hybridized carbons (Fsp3) is 0.333. The lowest BCUT2D eigenvalue weighted by Gasteiger charge is -2.21. The van der Waals surface area contributed by atoms with Gasteiger partial charge in [-0.3, -0.25) is 14.5 Å². The lowest BCUT2D eigenvalue weighted by molar-refractivity contribution is -0.120. The molecule has 2 N–H and O–H groups in total. The van der Waals surface area contributed by atoms with E-state index in [1.165, 1.54) is 31.3 Å². The second-order valence-corrected chi connectivity index (χ2v) is 7.12. The Balaban J connectivity index is 2.05. The van der Waals surface area contributed by atoms with Crippen molar-refractivity contribution in [2.24, 2.45) is 0 Å². The highest BCUT2D eigenvalue weighted by molar-refractivity contribution is 6.32. The molecule has 2 amide bonds. The molecule has 0 aliphatic heterocycles. The molecule has 0 spiro atoms. The minimum absolute atomic E-state index is 0.172. The first-order valence-corrected chi connectivity index (χ1v) is 9.95. The van der Waals surface area contributed by atoms with Crippen molar-refractivity contribution >= 4 is 34.8 Å². The van der Waals surface area contributed by atoms with E-state index in [1.54, 1.807) is 0 Å². The monoisotopic (exact) mass is 473 g/mol. The normalized spacial score (nSPS) is 10.8. The van der Waals surface area contributed by atoms with Crippen LogP contribution in [0.15, 0.2) is 24.3 Å². The topological polar surface area (TPSA) is 79.9 Å². The van der Waals surface area contributed by atoms with E-state index in [-0.39, 0.29) is 18.1 Å². The van der Waals surface area contributed by atoms with E-state index in [0.29, 0.717) is 36.2 Å². The first-order chi connectivity index (χ1) is 15.2. The Hall–Kier alpha value is -2.98. The predicted molar refractivity (Wildman–Crippen MR) is 115 cm³/mol. The Morgan fingerprint density at radius 3 is 2.09 bits per heavy atom. The zero-order valence-electron chi connectivity index (χ0n) is 17.7. The molecule has 0 saturated carbocycles. The summed E-state index contributed by atoms with van der Waals surface area (Å²) in [6, 6.07) is 4.62. The van der Waals surface area contributed by atoms with Crippen LogP contribution in [-0.2, 0) is 9.59 Å². The van der Waals surface area contributed by atoms with Crippen molar-refractivity contribution in [3.05, 3.63) is 46.7 Å². The van der Waals surface area contributed by atoms with Crippen molar-refractivity contribution in [2.45, 2.75) is 13.3 Å². The molecule has 0 fully saturated rings. The molecule has 7 nitrogen and oxygen atoms in total. The highest BCUT2D eigenvalue weighted by atomic mass is 35.5. The van der Waals surface area contributed by atoms with Gasteiger partial charge in [-0.2, -0.15) is 0 Å². The van der Waals surface area contributed by atoms with Gasteiger partial charge >= 0.3 is 0 Å². The smallest absolute Gasteiger partial charge is 0.238 e. The van der Waals surface area contributed by atoms with Crippen LogP contribution in [0.2, 0.25) is 5.02 Å². The first kappa shape index (κ1) is 25.3. The quantitative estimate of drug-likeness (QED) is 0.509. The van der Waals surface area contributed by atoms with E-state index >= 15 is 0 Å². The molecule has 0 bridgehead atoms. The molecule has 0 saturated heterocycles. The van der Waals surface area contributed by atoms with Crippen LogP contribution < -0.4 is 20.1 Å². The van der Waals surface area contributed by atoms with Crippen LogP contribution in [0.5, 0.6) is 11.5 Å². The van der Waals surface area contributed by atoms with Crippen LogP contribution in [-0.4, -0.2) is 50.6 Å². The van der Waals surface area contributed by atoms with Crippen molar-refractivity contribution in [1.29, 1.82) is 0 Å². The Morgan fingerprint density at radius 2 is 1.53 bits per heavy atom. The highest BCUT2D eigenvalue weighted by Gasteiger charge is 2.19. The minimum atomic E-state index is -1.68. The van der Waals surface area contributed by atoms with E-state index in [1.807, 2.05) is 6.92 Å². The number of carbonyl (C=O) groups excluding carboxylic acids is 2. The summed E-state index contributed by atoms with van der Waals surface area (Å²) in [4.78, 5) is 26.3. The molecule has 2 rings (SSSR count). The van der Waals surface area contributed by atoms with Gasteiger partial charge in [0.25, 0.3) is 0 Å². The summed E-state index contributed by atoms with van der Waals surface area (Å²) in [6.45, 7) is 1.78. The Kier molecular flexibility index (Phi) is 9.15. The molecule has 0 aromatic heterocycles. The summed E-state index contributed by atoms with van der Waals surface area (Å²) in [5, 5.41) is 5.11. The third kappa shape index (κ3) is 6.51. The van der Waals surface area contributed by atoms with Crippen molar-refractivity contribution in [3.63, 3.8) is 0 Å². The largest absolute Gasteiger partial charge is 0.495 e. The van der Waals surface area contributed by atoms with Crippen LogP contribution in [0, 0.1) is 17.5 Å². The number of ether oxygens (including phenoxy) is 2. The van der Waals surface area contributed by atoms with Gasteiger partial charge in [0.1, 0.15) is 11.5 Å². The number of hydrogen-bond acceptors (Lipinski definition) is 5. The van der Waals surface area contributed by atoms with Crippen LogP contribution in [0.1, 0.15) is 13.3 Å². The third-order valence-electron chi connectivity index (χ3n) is 4.33. The number of benzene rings is 2. The van der Waals surface area contributed by atoms with Gasteiger partial charge in [0.15, 0.2) is 17.5 Å². The standard InChI is InChI=1S/C21H23ClF3N3O4/c1-4-7-28(10-18(29)26-14-6-5-13(23)20(24)21(14)25)11-19(30)27-15-8-12(22)16(31-2)9-17(15)32-3/h5-6,8-9H,4,7,10-11H2,1-3H3,(H,26,29)(H,27,30). The predicted octanol–water partition coefficient (Wildman–Crippen LogP) is 4.06. The molecule has 0 heterocycles. The molecule has 0 atom stereocenters. The molecular formula is C21H23ClF3N3O4. The third-order valence-corrected chi connectivity index (χ3v) is 4.63. The van der Waals surface area contributed by atoms with Crippen molar-refractivity contribution in [1.82, 2.24) is 4.90 Å². The van der Waals surface area contributed by atoms with Crippen LogP contribution in [0.4, 0.5) is 24.5 Å². The minimum Gasteiger partial charge on any atom is -0.495 e. The van der Waals surface area contributed by atoms with Gasteiger partial charge in [0.05, 0.1) is 43.7 Å². The molecule has 0 aliphatic carbocycles. The number of nitrogens with one attached hydrogen (secondary N) is 2. The van der Waals surface area contributed by atoms with Gasteiger partial charge in [-0.25, -0.2) is 13.2 Å². The van der Waals surface area contributed by atoms with Crippen LogP contribution in [0.3, 0.4) is 0 Å². The second kappa shape index (κ2) is 11.6. The second-order valence-electron chi connectivity index (χ2n) is 6.72. The Bertz CT molecular complexity index is 991. The number of carbonyl (C=O) groups is 2. The number of anilines is 2. The fourth-order valence-corrected chi connectivity index (χ4v) is 3.14. The summed E-state index contributed by atoms with van der Waals surface area (Å²) >= 11 is 6.10. The zero-order chi connectivity index (χ0) is 23.8. The summed E-state index contributed by atoms with van der Waals surface area (Å²) in [6.07, 6.45) is 0.623. The fourth-order valence-electron chi connectivity index (χ4n) is 2.90. The SMILES string of the molecule is CCCN(CC(=O)Nc1cc(Cl)c(OC)cc1OC)CC(=O)Nc1ccc(F)c(F)c1F. The molecule has 0 unspecified atom stereocenters. The number of halogens is 4. The maximum absolute atomic E-state index is 13.8. The van der Waals surface area contributed by atoms with Crippen molar-refractivity contribution < 1.29 is 32.2 Å². The number of methoxy groups -OCH3 is 2. The summed E-state index contributed by atoms with van der Waals surface area (Å²) in [5.74, 6) is -4.99. The number of nitrogens with zero attached hydrogens (tertiary/aromatic N) is 1. The average Bonchev–Trinajstić information content (AvgIpc) is 2.74. The summed E-state index contributed by atoms with van der Waals surface area (Å²) in [7, 11) is 2.86. The van der Waals surface area contributed by atoms with E-state index < -0.39 is 35.0 Å². The molecule has 174 valence electrons. The highest BCUT2D eigenvalue weighted by Crippen LogP contribution is 2.35. The van der Waals surface area contributed by atoms with Crippen molar-refractivity contribution in [3.8, 4) is 11.5 Å². The molecule has 32 heavy (non-hydrogen) atoms. The van der Waals surface area contributed by atoms with E-state index in [9.17, 15) is 22.8 Å². The molecule has 0 aliphatic rings. The van der Waals surface area contributed by atoms with Gasteiger partial charge in [0.2, 0.25) is 11.8 Å². The van der Waals surface area contributed by atoms with E-state index in [4.69, 9.17) is 21.1 Å². The first-order valence-electron chi connectivity index (χ1n) is 9.57. The maximum atomic E-state index is 13.8. The summed E-state index contributed by atoms with van der Waals surface area (Å²) in [5.41, 5.74) is -0.180. The Labute approximate surface area is 188 Å². The molecule has 0 radical (unpaired) electrons. The number of rotatable bonds is 10. The summed E-state index contributed by atoms with van der Waals surface area (Å²) < 4.78 is 50.5. The number of amides is 2. The van der Waals surface area contributed by atoms with E-state index in [2.05, 4.69) is 10.6 Å². The lowest BCUT2D eigenvalue weighted by atomic mass is 10.2. The van der Waals surface area contributed by atoms with Gasteiger partial charge < -0.3 is 20.1 Å². The van der Waals surface area contributed by atoms with Crippen LogP contribution in [0.25, 0.3) is 0 Å². The van der Waals surface area contributed by atoms with Gasteiger partial charge in [-0.05, 0) is 31.2 Å². The zero-order valence-corrected chi connectivity index (χ0v) is 18.5. The molecule has 11 heteroatoms. The van der Waals surface area contributed by atoms with Gasteiger partial charge in [0, 0.05) is 6.07 Å². The molecule has 2 aromatic carbocycles. The van der Waals surface area contributed by atoms with Crippen LogP contribution >= 0.6 is 11.6 Å². The molecule has 2 aromatic rings. The Morgan fingerprint density at radius 1 is 0.938 bits per heavy atom. The molecular weight excluding hydrogens is 451 g/mol. The van der Waals surface area contributed by atoms with Gasteiger partial charge in [-0.1, -0.05) is 18.5 Å². The van der Waals surface area contributed by atoms with E-state index in [0.717, 1.165) is 6.07 Å².